The van der Waals surface area contributed by atoms with Crippen molar-refractivity contribution in [3.05, 3.63) is 88.4 Å². The molecule has 0 radical (unpaired) electrons. The minimum absolute atomic E-state index is 0.217. The number of likely N-dealkylation sites (tertiary alicyclic amines) is 1. The number of hydrogen-bond donors (Lipinski definition) is 1. The Morgan fingerprint density at radius 1 is 1.00 bits per heavy atom. The molecule has 4 heterocycles. The molecule has 2 aromatic carbocycles. The molecule has 5 aromatic rings. The van der Waals surface area contributed by atoms with E-state index in [1.165, 1.54) is 29.5 Å². The van der Waals surface area contributed by atoms with Gasteiger partial charge in [0.25, 0.3) is 5.89 Å². The van der Waals surface area contributed by atoms with Crippen LogP contribution in [-0.4, -0.2) is 29.5 Å². The highest BCUT2D eigenvalue weighted by atomic mass is 32.1. The molecule has 6 rings (SSSR count). The molecule has 0 spiro atoms. The number of fused-ring (bicyclic) bond motifs is 1. The van der Waals surface area contributed by atoms with Crippen LogP contribution < -0.4 is 10.1 Å². The number of benzene rings is 2. The summed E-state index contributed by atoms with van der Waals surface area (Å²) in [5.41, 5.74) is 0.217. The van der Waals surface area contributed by atoms with Gasteiger partial charge < -0.3 is 18.9 Å². The fraction of sp³-hybridized carbons (Fsp3) is 0.267. The Morgan fingerprint density at radius 2 is 1.87 bits per heavy atom. The van der Waals surface area contributed by atoms with Gasteiger partial charge in [0.1, 0.15) is 24.2 Å². The first-order valence-electron chi connectivity index (χ1n) is 12.9. The first kappa shape index (κ1) is 24.3. The number of anilines is 1. The Hall–Kier alpha value is -4.06. The molecular formula is C30H28N4O3S. The van der Waals surface area contributed by atoms with E-state index >= 15 is 0 Å². The SMILES string of the molecule is N#Cc1nc(-c2ccc(COc3ccc4ccccc4c3)o2)oc1NCC(c1cccs1)N1CCCCC1. The summed E-state index contributed by atoms with van der Waals surface area (Å²) in [6.45, 7) is 3.06. The lowest BCUT2D eigenvalue weighted by molar-refractivity contribution is 0.172. The fourth-order valence-corrected chi connectivity index (χ4v) is 5.77. The van der Waals surface area contributed by atoms with Crippen molar-refractivity contribution in [2.45, 2.75) is 31.9 Å². The van der Waals surface area contributed by atoms with Crippen molar-refractivity contribution in [2.75, 3.05) is 25.0 Å². The topological polar surface area (TPSA) is 87.5 Å². The second kappa shape index (κ2) is 11.1. The van der Waals surface area contributed by atoms with Gasteiger partial charge in [-0.15, -0.1) is 11.3 Å². The normalized spacial score (nSPS) is 14.8. The van der Waals surface area contributed by atoms with Crippen molar-refractivity contribution >= 4 is 28.0 Å². The van der Waals surface area contributed by atoms with Crippen LogP contribution in [0.25, 0.3) is 22.4 Å². The predicted molar refractivity (Wildman–Crippen MR) is 148 cm³/mol. The van der Waals surface area contributed by atoms with Crippen LogP contribution in [0.15, 0.2) is 80.9 Å². The van der Waals surface area contributed by atoms with Gasteiger partial charge in [-0.3, -0.25) is 4.90 Å². The summed E-state index contributed by atoms with van der Waals surface area (Å²) in [7, 11) is 0. The quantitative estimate of drug-likeness (QED) is 0.217. The summed E-state index contributed by atoms with van der Waals surface area (Å²) in [6.07, 6.45) is 3.70. The van der Waals surface area contributed by atoms with Crippen LogP contribution in [-0.2, 0) is 6.61 Å². The number of aromatic nitrogens is 1. The van der Waals surface area contributed by atoms with Crippen LogP contribution in [0.3, 0.4) is 0 Å². The molecule has 0 amide bonds. The maximum absolute atomic E-state index is 9.70. The monoisotopic (exact) mass is 524 g/mol. The predicted octanol–water partition coefficient (Wildman–Crippen LogP) is 7.24. The number of hydrogen-bond acceptors (Lipinski definition) is 8. The van der Waals surface area contributed by atoms with Crippen molar-refractivity contribution in [1.29, 1.82) is 5.26 Å². The van der Waals surface area contributed by atoms with E-state index in [1.807, 2.05) is 36.4 Å². The lowest BCUT2D eigenvalue weighted by atomic mass is 10.1. The van der Waals surface area contributed by atoms with E-state index in [4.69, 9.17) is 13.6 Å². The van der Waals surface area contributed by atoms with Gasteiger partial charge in [0.15, 0.2) is 5.76 Å². The third kappa shape index (κ3) is 5.30. The third-order valence-electron chi connectivity index (χ3n) is 6.87. The summed E-state index contributed by atoms with van der Waals surface area (Å²) in [4.78, 5) is 8.20. The Kier molecular flexibility index (Phi) is 7.12. The Morgan fingerprint density at radius 3 is 2.68 bits per heavy atom. The van der Waals surface area contributed by atoms with Crippen LogP contribution in [0.2, 0.25) is 0 Å². The summed E-state index contributed by atoms with van der Waals surface area (Å²) < 4.78 is 17.9. The fourth-order valence-electron chi connectivity index (χ4n) is 4.91. The van der Waals surface area contributed by atoms with E-state index < -0.39 is 0 Å². The lowest BCUT2D eigenvalue weighted by Gasteiger charge is -2.34. The molecule has 1 aliphatic rings. The van der Waals surface area contributed by atoms with Crippen LogP contribution in [0.1, 0.15) is 41.6 Å². The molecule has 1 aliphatic heterocycles. The number of thiophene rings is 1. The molecule has 0 aliphatic carbocycles. The van der Waals surface area contributed by atoms with Crippen molar-refractivity contribution in [1.82, 2.24) is 9.88 Å². The van der Waals surface area contributed by atoms with Crippen LogP contribution in [0.5, 0.6) is 5.75 Å². The Bertz CT molecular complexity index is 1540. The maximum atomic E-state index is 9.70. The van der Waals surface area contributed by atoms with E-state index in [-0.39, 0.29) is 24.2 Å². The highest BCUT2D eigenvalue weighted by Crippen LogP contribution is 2.31. The van der Waals surface area contributed by atoms with Crippen molar-refractivity contribution < 1.29 is 13.6 Å². The van der Waals surface area contributed by atoms with Gasteiger partial charge in [-0.2, -0.15) is 10.2 Å². The van der Waals surface area contributed by atoms with Crippen molar-refractivity contribution in [2.24, 2.45) is 0 Å². The molecule has 7 nitrogen and oxygen atoms in total. The standard InChI is InChI=1S/C30H28N4O3S/c31-18-25-29(32-19-26(28-9-6-16-38-28)34-14-4-1-5-15-34)37-30(33-25)27-13-12-24(36-27)20-35-23-11-10-21-7-2-3-8-22(21)17-23/h2-3,6-13,16-17,26,32H,1,4-5,14-15,19-20H2. The summed E-state index contributed by atoms with van der Waals surface area (Å²) in [5, 5.41) is 17.4. The van der Waals surface area contributed by atoms with E-state index in [2.05, 4.69) is 50.9 Å². The summed E-state index contributed by atoms with van der Waals surface area (Å²) in [6, 6.07) is 24.4. The third-order valence-corrected chi connectivity index (χ3v) is 7.84. The van der Waals surface area contributed by atoms with Gasteiger partial charge in [0, 0.05) is 11.4 Å². The number of rotatable bonds is 9. The molecule has 8 heteroatoms. The molecule has 1 saturated heterocycles. The molecule has 0 bridgehead atoms. The first-order valence-corrected chi connectivity index (χ1v) is 13.8. The van der Waals surface area contributed by atoms with Crippen molar-refractivity contribution in [3.63, 3.8) is 0 Å². The number of oxazole rings is 1. The second-order valence-electron chi connectivity index (χ2n) is 9.38. The first-order chi connectivity index (χ1) is 18.8. The van der Waals surface area contributed by atoms with Crippen LogP contribution >= 0.6 is 11.3 Å². The average Bonchev–Trinajstić information content (AvgIpc) is 3.74. The van der Waals surface area contributed by atoms with Gasteiger partial charge >= 0.3 is 0 Å². The minimum Gasteiger partial charge on any atom is -0.486 e. The average molecular weight is 525 g/mol. The van der Waals surface area contributed by atoms with Gasteiger partial charge in [0.05, 0.1) is 6.04 Å². The van der Waals surface area contributed by atoms with E-state index in [0.29, 0.717) is 23.9 Å². The number of nitriles is 1. The van der Waals surface area contributed by atoms with E-state index in [0.717, 1.165) is 24.2 Å². The maximum Gasteiger partial charge on any atom is 0.266 e. The molecule has 1 fully saturated rings. The largest absolute Gasteiger partial charge is 0.486 e. The minimum atomic E-state index is 0.217. The molecular weight excluding hydrogens is 496 g/mol. The molecule has 0 saturated carbocycles. The van der Waals surface area contributed by atoms with Gasteiger partial charge in [0.2, 0.25) is 11.6 Å². The van der Waals surface area contributed by atoms with Crippen LogP contribution in [0, 0.1) is 11.3 Å². The van der Waals surface area contributed by atoms with Crippen molar-refractivity contribution in [3.8, 4) is 23.5 Å². The Labute approximate surface area is 225 Å². The molecule has 1 atom stereocenters. The number of nitrogens with one attached hydrogen (secondary N) is 1. The Balaban J connectivity index is 1.13. The van der Waals surface area contributed by atoms with Crippen LogP contribution in [0.4, 0.5) is 5.88 Å². The lowest BCUT2D eigenvalue weighted by Crippen LogP contribution is -2.36. The van der Waals surface area contributed by atoms with Gasteiger partial charge in [-0.1, -0.05) is 42.8 Å². The van der Waals surface area contributed by atoms with Gasteiger partial charge in [-0.05, 0) is 72.4 Å². The van der Waals surface area contributed by atoms with E-state index in [1.54, 1.807) is 17.4 Å². The summed E-state index contributed by atoms with van der Waals surface area (Å²) in [5.74, 6) is 2.50. The molecule has 38 heavy (non-hydrogen) atoms. The van der Waals surface area contributed by atoms with Gasteiger partial charge in [-0.25, -0.2) is 0 Å². The number of ether oxygens (including phenoxy) is 1. The number of furan rings is 1. The molecule has 192 valence electrons. The highest BCUT2D eigenvalue weighted by Gasteiger charge is 2.25. The highest BCUT2D eigenvalue weighted by molar-refractivity contribution is 7.10. The zero-order chi connectivity index (χ0) is 25.7. The molecule has 1 unspecified atom stereocenters. The zero-order valence-electron chi connectivity index (χ0n) is 20.9. The molecule has 1 N–H and O–H groups in total. The molecule has 3 aromatic heterocycles. The summed E-state index contributed by atoms with van der Waals surface area (Å²) >= 11 is 1.76. The number of nitrogens with zero attached hydrogens (tertiary/aromatic N) is 3. The zero-order valence-corrected chi connectivity index (χ0v) is 21.7. The van der Waals surface area contributed by atoms with E-state index in [9.17, 15) is 5.26 Å². The number of piperidine rings is 1. The smallest absolute Gasteiger partial charge is 0.266 e. The second-order valence-corrected chi connectivity index (χ2v) is 10.4.